The Bertz CT molecular complexity index is 645. The molecule has 1 heterocycles. The molecule has 1 aliphatic carbocycles. The summed E-state index contributed by atoms with van der Waals surface area (Å²) in [5.41, 5.74) is -1.14. The van der Waals surface area contributed by atoms with E-state index in [4.69, 9.17) is 11.6 Å². The lowest BCUT2D eigenvalue weighted by Crippen LogP contribution is -2.42. The number of carboxylic acids is 1. The second kappa shape index (κ2) is 4.66. The predicted molar refractivity (Wildman–Crippen MR) is 70.1 cm³/mol. The van der Waals surface area contributed by atoms with Crippen LogP contribution >= 0.6 is 11.6 Å². The molecule has 1 amide bonds. The molecular weight excluding hydrogens is 304 g/mol. The lowest BCUT2D eigenvalue weighted by Gasteiger charge is -2.27. The van der Waals surface area contributed by atoms with Gasteiger partial charge in [-0.05, 0) is 31.4 Å². The van der Waals surface area contributed by atoms with E-state index in [-0.39, 0.29) is 6.54 Å². The molecule has 2 fully saturated rings. The number of halogens is 3. The molecule has 1 aromatic carbocycles. The van der Waals surface area contributed by atoms with E-state index >= 15 is 0 Å². The van der Waals surface area contributed by atoms with E-state index in [9.17, 15) is 23.5 Å². The molecule has 1 N–H and O–H groups in total. The zero-order chi connectivity index (χ0) is 15.4. The van der Waals surface area contributed by atoms with Crippen LogP contribution in [0.2, 0.25) is 5.02 Å². The Hall–Kier alpha value is -1.69. The number of carbonyl (C=O) groups excluding carboxylic acids is 1. The van der Waals surface area contributed by atoms with Gasteiger partial charge in [-0.1, -0.05) is 11.6 Å². The molecule has 1 saturated heterocycles. The number of carboxylic acid groups (broad SMARTS) is 1. The van der Waals surface area contributed by atoms with Crippen molar-refractivity contribution in [1.29, 1.82) is 0 Å². The molecule has 7 heteroatoms. The van der Waals surface area contributed by atoms with Gasteiger partial charge in [0, 0.05) is 6.54 Å². The van der Waals surface area contributed by atoms with Gasteiger partial charge in [-0.25, -0.2) is 8.78 Å². The summed E-state index contributed by atoms with van der Waals surface area (Å²) in [5, 5.41) is 8.81. The Morgan fingerprint density at radius 2 is 1.95 bits per heavy atom. The second-order valence-electron chi connectivity index (χ2n) is 5.49. The molecule has 0 radical (unpaired) electrons. The quantitative estimate of drug-likeness (QED) is 0.854. The van der Waals surface area contributed by atoms with Crippen molar-refractivity contribution >= 4 is 23.5 Å². The topological polar surface area (TPSA) is 57.6 Å². The first-order chi connectivity index (χ1) is 9.86. The Balaban J connectivity index is 1.94. The largest absolute Gasteiger partial charge is 0.481 e. The highest BCUT2D eigenvalue weighted by atomic mass is 35.5. The Kier molecular flexibility index (Phi) is 3.16. The predicted octanol–water partition coefficient (Wildman–Crippen LogP) is 2.70. The Morgan fingerprint density at radius 3 is 2.52 bits per heavy atom. The number of nitrogens with zero attached hydrogens (tertiary/aromatic N) is 1. The summed E-state index contributed by atoms with van der Waals surface area (Å²) in [6.07, 6.45) is 1.49. The second-order valence-corrected chi connectivity index (χ2v) is 5.89. The van der Waals surface area contributed by atoms with Crippen LogP contribution in [0.15, 0.2) is 12.1 Å². The van der Waals surface area contributed by atoms with E-state index in [1.807, 2.05) is 0 Å². The fourth-order valence-corrected chi connectivity index (χ4v) is 3.32. The Morgan fingerprint density at radius 1 is 1.29 bits per heavy atom. The van der Waals surface area contributed by atoms with Crippen LogP contribution in [0, 0.1) is 17.6 Å². The van der Waals surface area contributed by atoms with Crippen LogP contribution in [0.25, 0.3) is 0 Å². The van der Waals surface area contributed by atoms with Gasteiger partial charge in [-0.15, -0.1) is 0 Å². The number of likely N-dealkylation sites (tertiary alicyclic amines) is 1. The summed E-state index contributed by atoms with van der Waals surface area (Å²) in [4.78, 5) is 25.0. The fourth-order valence-electron chi connectivity index (χ4n) is 3.17. The first kappa shape index (κ1) is 14.3. The summed E-state index contributed by atoms with van der Waals surface area (Å²) in [6, 6.07) is 1.53. The van der Waals surface area contributed by atoms with Crippen LogP contribution in [-0.2, 0) is 4.79 Å². The number of benzene rings is 1. The van der Waals surface area contributed by atoms with Gasteiger partial charge in [0.2, 0.25) is 0 Å². The molecule has 3 rings (SSSR count). The maximum atomic E-state index is 13.8. The standard InChI is InChI=1S/C14H12ClF2NO3/c15-9-6-10(16)7(5-11(9)17)12(19)18-4-1-8(13(20)21)14(18)2-3-14/h5-6,8H,1-4H2,(H,20,21). The van der Waals surface area contributed by atoms with Crippen LogP contribution in [-0.4, -0.2) is 34.0 Å². The number of rotatable bonds is 2. The summed E-state index contributed by atoms with van der Waals surface area (Å²) >= 11 is 5.47. The summed E-state index contributed by atoms with van der Waals surface area (Å²) in [5.74, 6) is -4.04. The highest BCUT2D eigenvalue weighted by molar-refractivity contribution is 6.30. The summed E-state index contributed by atoms with van der Waals surface area (Å²) < 4.78 is 27.3. The summed E-state index contributed by atoms with van der Waals surface area (Å²) in [6.45, 7) is 0.236. The highest BCUT2D eigenvalue weighted by Crippen LogP contribution is 2.53. The van der Waals surface area contributed by atoms with Gasteiger partial charge in [0.1, 0.15) is 11.6 Å². The van der Waals surface area contributed by atoms with Gasteiger partial charge in [0.05, 0.1) is 22.0 Å². The lowest BCUT2D eigenvalue weighted by molar-refractivity contribution is -0.142. The van der Waals surface area contributed by atoms with E-state index in [0.717, 1.165) is 12.1 Å². The van der Waals surface area contributed by atoms with Crippen molar-refractivity contribution in [1.82, 2.24) is 4.90 Å². The molecule has 21 heavy (non-hydrogen) atoms. The smallest absolute Gasteiger partial charge is 0.308 e. The third kappa shape index (κ3) is 2.09. The number of hydrogen-bond acceptors (Lipinski definition) is 2. The third-order valence-corrected chi connectivity index (χ3v) is 4.66. The Labute approximate surface area is 124 Å². The number of carbonyl (C=O) groups is 2. The van der Waals surface area contributed by atoms with E-state index < -0.39 is 45.6 Å². The van der Waals surface area contributed by atoms with E-state index in [1.165, 1.54) is 4.90 Å². The average molecular weight is 316 g/mol. The third-order valence-electron chi connectivity index (χ3n) is 4.37. The van der Waals surface area contributed by atoms with Gasteiger partial charge < -0.3 is 10.0 Å². The maximum absolute atomic E-state index is 13.8. The van der Waals surface area contributed by atoms with Gasteiger partial charge in [-0.3, -0.25) is 9.59 Å². The minimum atomic E-state index is -0.953. The molecule has 4 nitrogen and oxygen atoms in total. The molecule has 1 saturated carbocycles. The van der Waals surface area contributed by atoms with Crippen molar-refractivity contribution in [3.05, 3.63) is 34.4 Å². The SMILES string of the molecule is O=C(O)C1CCN(C(=O)c2cc(F)c(Cl)cc2F)C12CC2. The molecular formula is C14H12ClF2NO3. The lowest BCUT2D eigenvalue weighted by atomic mass is 9.98. The number of aliphatic carboxylic acids is 1. The van der Waals surface area contributed by atoms with Crippen molar-refractivity contribution in [2.75, 3.05) is 6.54 Å². The van der Waals surface area contributed by atoms with E-state index in [2.05, 4.69) is 0 Å². The number of amides is 1. The van der Waals surface area contributed by atoms with Crippen LogP contribution in [0.1, 0.15) is 29.6 Å². The minimum Gasteiger partial charge on any atom is -0.481 e. The van der Waals surface area contributed by atoms with Gasteiger partial charge in [0.25, 0.3) is 5.91 Å². The van der Waals surface area contributed by atoms with Crippen LogP contribution in [0.3, 0.4) is 0 Å². The molecule has 0 aromatic heterocycles. The van der Waals surface area contributed by atoms with Crippen molar-refractivity contribution in [2.24, 2.45) is 5.92 Å². The van der Waals surface area contributed by atoms with Crippen LogP contribution in [0.5, 0.6) is 0 Å². The van der Waals surface area contributed by atoms with Gasteiger partial charge in [0.15, 0.2) is 0 Å². The first-order valence-electron chi connectivity index (χ1n) is 6.56. The van der Waals surface area contributed by atoms with Crippen molar-refractivity contribution in [3.8, 4) is 0 Å². The molecule has 112 valence electrons. The van der Waals surface area contributed by atoms with Crippen molar-refractivity contribution in [3.63, 3.8) is 0 Å². The molecule has 2 aliphatic rings. The van der Waals surface area contributed by atoms with E-state index in [1.54, 1.807) is 0 Å². The zero-order valence-corrected chi connectivity index (χ0v) is 11.7. The normalized spacial score (nSPS) is 22.6. The maximum Gasteiger partial charge on any atom is 0.308 e. The zero-order valence-electron chi connectivity index (χ0n) is 10.9. The number of hydrogen-bond donors (Lipinski definition) is 1. The fraction of sp³-hybridized carbons (Fsp3) is 0.429. The first-order valence-corrected chi connectivity index (χ1v) is 6.94. The monoisotopic (exact) mass is 315 g/mol. The molecule has 1 atom stereocenters. The van der Waals surface area contributed by atoms with Gasteiger partial charge in [-0.2, -0.15) is 0 Å². The van der Waals surface area contributed by atoms with Crippen LogP contribution < -0.4 is 0 Å². The molecule has 1 unspecified atom stereocenters. The van der Waals surface area contributed by atoms with Crippen LogP contribution in [0.4, 0.5) is 8.78 Å². The molecule has 1 spiro atoms. The molecule has 0 bridgehead atoms. The molecule has 1 aromatic rings. The minimum absolute atomic E-state index is 0.236. The van der Waals surface area contributed by atoms with Crippen molar-refractivity contribution in [2.45, 2.75) is 24.8 Å². The average Bonchev–Trinajstić information content (AvgIpc) is 3.07. The molecule has 1 aliphatic heterocycles. The highest BCUT2D eigenvalue weighted by Gasteiger charge is 2.61. The summed E-state index contributed by atoms with van der Waals surface area (Å²) in [7, 11) is 0. The van der Waals surface area contributed by atoms with Crippen molar-refractivity contribution < 1.29 is 23.5 Å². The van der Waals surface area contributed by atoms with Gasteiger partial charge >= 0.3 is 5.97 Å². The van der Waals surface area contributed by atoms with E-state index in [0.29, 0.717) is 19.3 Å².